The molecule has 0 spiro atoms. The molecule has 0 saturated heterocycles. The van der Waals surface area contributed by atoms with Gasteiger partial charge in [-0.2, -0.15) is 0 Å². The van der Waals surface area contributed by atoms with Gasteiger partial charge in [0, 0.05) is 13.2 Å². The molecule has 0 bridgehead atoms. The number of benzene rings is 1. The summed E-state index contributed by atoms with van der Waals surface area (Å²) in [4.78, 5) is 12.0. The molecule has 0 heterocycles. The number of nitrogens with one attached hydrogen (secondary N) is 1. The molecule has 0 aliphatic carbocycles. The lowest BCUT2D eigenvalue weighted by Gasteiger charge is -2.17. The van der Waals surface area contributed by atoms with Crippen LogP contribution in [-0.2, 0) is 9.53 Å². The average molecular weight is 293 g/mol. The lowest BCUT2D eigenvalue weighted by Crippen LogP contribution is -2.37. The first kappa shape index (κ1) is 17.5. The summed E-state index contributed by atoms with van der Waals surface area (Å²) < 4.78 is 11.2. The highest BCUT2D eigenvalue weighted by Crippen LogP contribution is 2.20. The molecule has 21 heavy (non-hydrogen) atoms. The smallest absolute Gasteiger partial charge is 0.260 e. The first-order valence-electron chi connectivity index (χ1n) is 7.53. The van der Waals surface area contributed by atoms with Crippen molar-refractivity contribution in [1.82, 2.24) is 5.32 Å². The lowest BCUT2D eigenvalue weighted by atomic mass is 10.1. The zero-order valence-corrected chi connectivity index (χ0v) is 13.7. The summed E-state index contributed by atoms with van der Waals surface area (Å²) in [5, 5.41) is 2.87. The third-order valence-electron chi connectivity index (χ3n) is 3.09. The van der Waals surface area contributed by atoms with Crippen LogP contribution in [0.3, 0.4) is 0 Å². The minimum atomic E-state index is -0.503. The topological polar surface area (TPSA) is 47.6 Å². The van der Waals surface area contributed by atoms with Gasteiger partial charge in [0.25, 0.3) is 5.91 Å². The van der Waals surface area contributed by atoms with Crippen LogP contribution in [0.1, 0.15) is 38.3 Å². The molecular formula is C17H27NO3. The van der Waals surface area contributed by atoms with Crippen LogP contribution in [0.4, 0.5) is 0 Å². The van der Waals surface area contributed by atoms with Gasteiger partial charge in [-0.25, -0.2) is 0 Å². The molecule has 1 aromatic rings. The summed E-state index contributed by atoms with van der Waals surface area (Å²) in [6.45, 7) is 11.0. The zero-order chi connectivity index (χ0) is 15.8. The normalized spacial score (nSPS) is 12.3. The van der Waals surface area contributed by atoms with Gasteiger partial charge in [-0.05, 0) is 58.2 Å². The van der Waals surface area contributed by atoms with Crippen LogP contribution in [0.2, 0.25) is 0 Å². The summed E-state index contributed by atoms with van der Waals surface area (Å²) in [6, 6.07) is 5.98. The molecule has 0 aliphatic heterocycles. The predicted octanol–water partition coefficient (Wildman–Crippen LogP) is 3.00. The zero-order valence-electron chi connectivity index (χ0n) is 13.7. The summed E-state index contributed by atoms with van der Waals surface area (Å²) in [7, 11) is 0. The molecular weight excluding hydrogens is 266 g/mol. The van der Waals surface area contributed by atoms with Crippen LogP contribution in [0.5, 0.6) is 5.75 Å². The van der Waals surface area contributed by atoms with Crippen molar-refractivity contribution < 1.29 is 14.3 Å². The second kappa shape index (κ2) is 8.67. The number of carbonyl (C=O) groups is 1. The van der Waals surface area contributed by atoms with Crippen molar-refractivity contribution in [1.29, 1.82) is 0 Å². The van der Waals surface area contributed by atoms with Gasteiger partial charge < -0.3 is 14.8 Å². The van der Waals surface area contributed by atoms with E-state index < -0.39 is 6.10 Å². The van der Waals surface area contributed by atoms with E-state index >= 15 is 0 Å². The molecule has 1 amide bonds. The largest absolute Gasteiger partial charge is 0.481 e. The summed E-state index contributed by atoms with van der Waals surface area (Å²) >= 11 is 0. The van der Waals surface area contributed by atoms with Crippen LogP contribution in [0.25, 0.3) is 0 Å². The summed E-state index contributed by atoms with van der Waals surface area (Å²) in [6.07, 6.45) is 0.531. The van der Waals surface area contributed by atoms with Crippen molar-refractivity contribution in [2.45, 2.75) is 53.2 Å². The minimum Gasteiger partial charge on any atom is -0.481 e. The lowest BCUT2D eigenvalue weighted by molar-refractivity contribution is -0.127. The van der Waals surface area contributed by atoms with Gasteiger partial charge in [-0.3, -0.25) is 4.79 Å². The van der Waals surface area contributed by atoms with E-state index in [1.54, 1.807) is 6.92 Å². The molecule has 0 fully saturated rings. The first-order chi connectivity index (χ1) is 9.90. The number of aryl methyl sites for hydroxylation is 2. The van der Waals surface area contributed by atoms with E-state index in [0.717, 1.165) is 23.3 Å². The number of ether oxygens (including phenoxy) is 2. The van der Waals surface area contributed by atoms with E-state index in [1.165, 1.54) is 0 Å². The van der Waals surface area contributed by atoms with Crippen LogP contribution >= 0.6 is 0 Å². The molecule has 1 N–H and O–H groups in total. The van der Waals surface area contributed by atoms with E-state index in [0.29, 0.717) is 13.2 Å². The Balaban J connectivity index is 2.35. The van der Waals surface area contributed by atoms with Crippen LogP contribution in [0, 0.1) is 13.8 Å². The Morgan fingerprint density at radius 1 is 1.24 bits per heavy atom. The Hall–Kier alpha value is -1.55. The second-order valence-electron chi connectivity index (χ2n) is 5.59. The Bertz CT molecular complexity index is 457. The van der Waals surface area contributed by atoms with Crippen molar-refractivity contribution in [3.63, 3.8) is 0 Å². The molecule has 1 aromatic carbocycles. The van der Waals surface area contributed by atoms with Gasteiger partial charge in [0.2, 0.25) is 0 Å². The maximum Gasteiger partial charge on any atom is 0.260 e. The van der Waals surface area contributed by atoms with E-state index in [4.69, 9.17) is 9.47 Å². The van der Waals surface area contributed by atoms with Gasteiger partial charge in [0.1, 0.15) is 5.75 Å². The third kappa shape index (κ3) is 6.63. The number of hydrogen-bond acceptors (Lipinski definition) is 3. The highest BCUT2D eigenvalue weighted by molar-refractivity contribution is 5.80. The van der Waals surface area contributed by atoms with E-state index in [-0.39, 0.29) is 12.0 Å². The van der Waals surface area contributed by atoms with Crippen LogP contribution in [-0.4, -0.2) is 31.3 Å². The molecule has 0 radical (unpaired) electrons. The van der Waals surface area contributed by atoms with Gasteiger partial charge in [0.15, 0.2) is 6.10 Å². The third-order valence-corrected chi connectivity index (χ3v) is 3.09. The highest BCUT2D eigenvalue weighted by atomic mass is 16.5. The molecule has 1 rings (SSSR count). The van der Waals surface area contributed by atoms with Crippen LogP contribution in [0.15, 0.2) is 18.2 Å². The maximum absolute atomic E-state index is 12.0. The minimum absolute atomic E-state index is 0.0968. The molecule has 118 valence electrons. The van der Waals surface area contributed by atoms with Gasteiger partial charge in [0.05, 0.1) is 6.10 Å². The maximum atomic E-state index is 12.0. The molecule has 4 nitrogen and oxygen atoms in total. The van der Waals surface area contributed by atoms with Gasteiger partial charge in [-0.1, -0.05) is 12.1 Å². The number of hydrogen-bond donors (Lipinski definition) is 1. The summed E-state index contributed by atoms with van der Waals surface area (Å²) in [5.74, 6) is 0.668. The fourth-order valence-corrected chi connectivity index (χ4v) is 1.82. The SMILES string of the molecule is Cc1ccc(C)c(OC(C)C(=O)NCCCOC(C)C)c1. The molecule has 0 aliphatic rings. The van der Waals surface area contributed by atoms with E-state index in [1.807, 2.05) is 45.9 Å². The molecule has 4 heteroatoms. The standard InChI is InChI=1S/C17H27NO3/c1-12(2)20-10-6-9-18-17(19)15(5)21-16-11-13(3)7-8-14(16)4/h7-8,11-12,15H,6,9-10H2,1-5H3,(H,18,19). The first-order valence-corrected chi connectivity index (χ1v) is 7.53. The Morgan fingerprint density at radius 3 is 2.62 bits per heavy atom. The Morgan fingerprint density at radius 2 is 1.95 bits per heavy atom. The van der Waals surface area contributed by atoms with Gasteiger partial charge in [-0.15, -0.1) is 0 Å². The van der Waals surface area contributed by atoms with Crippen molar-refractivity contribution in [2.75, 3.05) is 13.2 Å². The second-order valence-corrected chi connectivity index (χ2v) is 5.59. The van der Waals surface area contributed by atoms with Crippen molar-refractivity contribution in [2.24, 2.45) is 0 Å². The molecule has 1 atom stereocenters. The molecule has 1 unspecified atom stereocenters. The quantitative estimate of drug-likeness (QED) is 0.750. The molecule has 0 saturated carbocycles. The fraction of sp³-hybridized carbons (Fsp3) is 0.588. The van der Waals surface area contributed by atoms with Crippen LogP contribution < -0.4 is 10.1 Å². The Kier molecular flexibility index (Phi) is 7.23. The van der Waals surface area contributed by atoms with E-state index in [9.17, 15) is 4.79 Å². The van der Waals surface area contributed by atoms with Crippen molar-refractivity contribution >= 4 is 5.91 Å². The fourth-order valence-electron chi connectivity index (χ4n) is 1.82. The monoisotopic (exact) mass is 293 g/mol. The van der Waals surface area contributed by atoms with E-state index in [2.05, 4.69) is 5.32 Å². The Labute approximate surface area is 127 Å². The number of rotatable bonds is 8. The predicted molar refractivity (Wildman–Crippen MR) is 84.7 cm³/mol. The van der Waals surface area contributed by atoms with Crippen molar-refractivity contribution in [3.8, 4) is 5.75 Å². The number of carbonyl (C=O) groups excluding carboxylic acids is 1. The highest BCUT2D eigenvalue weighted by Gasteiger charge is 2.15. The number of amides is 1. The summed E-state index contributed by atoms with van der Waals surface area (Å²) in [5.41, 5.74) is 2.15. The molecule has 0 aromatic heterocycles. The van der Waals surface area contributed by atoms with Gasteiger partial charge >= 0.3 is 0 Å². The average Bonchev–Trinajstić information content (AvgIpc) is 2.41. The van der Waals surface area contributed by atoms with Crippen molar-refractivity contribution in [3.05, 3.63) is 29.3 Å².